The zero-order valence-corrected chi connectivity index (χ0v) is 11.8. The smallest absolute Gasteiger partial charge is 0.343 e. The largest absolute Gasteiger partial charge is 0.510 e. The van der Waals surface area contributed by atoms with Crippen LogP contribution in [-0.4, -0.2) is 26.1 Å². The normalized spacial score (nSPS) is 11.4. The molecule has 0 atom stereocenters. The van der Waals surface area contributed by atoms with Crippen molar-refractivity contribution >= 4 is 11.7 Å². The predicted octanol–water partition coefficient (Wildman–Crippen LogP) is 2.44. The number of nitrogens with zero attached hydrogens (tertiary/aromatic N) is 2. The Hall–Kier alpha value is -2.64. The van der Waals surface area contributed by atoms with Crippen LogP contribution in [0, 0.1) is 10.1 Å². The SMILES string of the molecule is C/C=C\C(NC(=O)c1cc([N+](=O)[O-])[nH]n1)=C(/C)O.CC. The van der Waals surface area contributed by atoms with E-state index in [0.717, 1.165) is 6.07 Å². The monoisotopic (exact) mass is 282 g/mol. The van der Waals surface area contributed by atoms with Gasteiger partial charge in [0.25, 0.3) is 5.91 Å². The fraction of sp³-hybridized carbons (Fsp3) is 0.333. The van der Waals surface area contributed by atoms with Gasteiger partial charge in [0.1, 0.15) is 5.76 Å². The van der Waals surface area contributed by atoms with Gasteiger partial charge in [-0.25, -0.2) is 0 Å². The lowest BCUT2D eigenvalue weighted by atomic mass is 10.3. The van der Waals surface area contributed by atoms with Crippen molar-refractivity contribution in [2.24, 2.45) is 0 Å². The number of hydrogen-bond acceptors (Lipinski definition) is 5. The molecule has 1 aromatic rings. The minimum absolute atomic E-state index is 0.0773. The summed E-state index contributed by atoms with van der Waals surface area (Å²) in [6, 6.07) is 1.01. The quantitative estimate of drug-likeness (QED) is 0.339. The predicted molar refractivity (Wildman–Crippen MR) is 74.2 cm³/mol. The van der Waals surface area contributed by atoms with E-state index in [0.29, 0.717) is 0 Å². The van der Waals surface area contributed by atoms with Gasteiger partial charge in [-0.05, 0) is 24.8 Å². The molecule has 0 aliphatic heterocycles. The molecule has 0 spiro atoms. The molecule has 20 heavy (non-hydrogen) atoms. The molecule has 0 saturated carbocycles. The van der Waals surface area contributed by atoms with Crippen molar-refractivity contribution in [1.29, 1.82) is 0 Å². The second kappa shape index (κ2) is 8.46. The highest BCUT2D eigenvalue weighted by atomic mass is 16.6. The molecule has 8 nitrogen and oxygen atoms in total. The summed E-state index contributed by atoms with van der Waals surface area (Å²) in [7, 11) is 0. The number of aromatic amines is 1. The van der Waals surface area contributed by atoms with Gasteiger partial charge < -0.3 is 20.5 Å². The van der Waals surface area contributed by atoms with Crippen molar-refractivity contribution in [3.8, 4) is 0 Å². The van der Waals surface area contributed by atoms with Crippen LogP contribution in [0.3, 0.4) is 0 Å². The van der Waals surface area contributed by atoms with Crippen LogP contribution in [0.25, 0.3) is 0 Å². The van der Waals surface area contributed by atoms with Crippen molar-refractivity contribution in [3.63, 3.8) is 0 Å². The summed E-state index contributed by atoms with van der Waals surface area (Å²) in [6.45, 7) is 7.12. The fourth-order valence-electron chi connectivity index (χ4n) is 1.13. The zero-order valence-electron chi connectivity index (χ0n) is 11.8. The lowest BCUT2D eigenvalue weighted by molar-refractivity contribution is -0.389. The molecule has 110 valence electrons. The Kier molecular flexibility index (Phi) is 7.34. The average molecular weight is 282 g/mol. The second-order valence-electron chi connectivity index (χ2n) is 3.35. The molecule has 0 bridgehead atoms. The van der Waals surface area contributed by atoms with Gasteiger partial charge in [0, 0.05) is 0 Å². The van der Waals surface area contributed by atoms with Crippen LogP contribution in [0.1, 0.15) is 38.2 Å². The number of nitro groups is 1. The molecular formula is C12H18N4O4. The average Bonchev–Trinajstić information content (AvgIpc) is 2.90. The van der Waals surface area contributed by atoms with Crippen molar-refractivity contribution in [3.05, 3.63) is 45.5 Å². The van der Waals surface area contributed by atoms with Crippen LogP contribution in [0.5, 0.6) is 0 Å². The number of aliphatic hydroxyl groups is 1. The number of amides is 1. The number of aromatic nitrogens is 2. The minimum Gasteiger partial charge on any atom is -0.510 e. The van der Waals surface area contributed by atoms with Gasteiger partial charge in [0.15, 0.2) is 5.69 Å². The van der Waals surface area contributed by atoms with Gasteiger partial charge in [-0.2, -0.15) is 0 Å². The maximum absolute atomic E-state index is 11.7. The van der Waals surface area contributed by atoms with Gasteiger partial charge in [0.05, 0.1) is 11.8 Å². The number of rotatable bonds is 4. The lowest BCUT2D eigenvalue weighted by Crippen LogP contribution is -2.23. The first-order valence-electron chi connectivity index (χ1n) is 5.99. The van der Waals surface area contributed by atoms with E-state index in [1.807, 2.05) is 13.8 Å². The topological polar surface area (TPSA) is 121 Å². The summed E-state index contributed by atoms with van der Waals surface area (Å²) in [5.41, 5.74) is 0.0677. The van der Waals surface area contributed by atoms with Crippen LogP contribution in [0.4, 0.5) is 5.82 Å². The number of hydrogen-bond donors (Lipinski definition) is 3. The van der Waals surface area contributed by atoms with E-state index in [1.165, 1.54) is 13.0 Å². The lowest BCUT2D eigenvalue weighted by Gasteiger charge is -2.04. The number of carbonyl (C=O) groups is 1. The highest BCUT2D eigenvalue weighted by molar-refractivity contribution is 5.94. The third kappa shape index (κ3) is 4.92. The fourth-order valence-corrected chi connectivity index (χ4v) is 1.13. The Morgan fingerprint density at radius 2 is 2.15 bits per heavy atom. The maximum Gasteiger partial charge on any atom is 0.343 e. The number of allylic oxidation sites excluding steroid dienone is 3. The molecule has 3 N–H and O–H groups in total. The highest BCUT2D eigenvalue weighted by Gasteiger charge is 2.17. The first kappa shape index (κ1) is 17.4. The Morgan fingerprint density at radius 3 is 2.55 bits per heavy atom. The van der Waals surface area contributed by atoms with Gasteiger partial charge in [-0.1, -0.05) is 25.0 Å². The van der Waals surface area contributed by atoms with E-state index in [9.17, 15) is 20.0 Å². The molecule has 1 heterocycles. The zero-order chi connectivity index (χ0) is 15.7. The van der Waals surface area contributed by atoms with Crippen molar-refractivity contribution < 1.29 is 14.8 Å². The van der Waals surface area contributed by atoms with E-state index in [2.05, 4.69) is 15.5 Å². The number of nitrogens with one attached hydrogen (secondary N) is 2. The van der Waals surface area contributed by atoms with E-state index in [1.54, 1.807) is 13.0 Å². The van der Waals surface area contributed by atoms with Gasteiger partial charge in [0.2, 0.25) is 0 Å². The summed E-state index contributed by atoms with van der Waals surface area (Å²) in [6.07, 6.45) is 3.12. The molecule has 0 aliphatic carbocycles. The molecule has 0 unspecified atom stereocenters. The third-order valence-electron chi connectivity index (χ3n) is 1.96. The molecule has 0 saturated heterocycles. The molecule has 1 rings (SSSR count). The standard InChI is InChI=1S/C10H12N4O4.C2H6/c1-3-4-7(6(2)15)11-10(16)8-5-9(13-12-8)14(17)18;1-2/h3-5,15H,1-2H3,(H,11,16)(H,12,13);1-2H3/b4-3-,7-6-;. The van der Waals surface area contributed by atoms with Crippen LogP contribution in [0.2, 0.25) is 0 Å². The number of carbonyl (C=O) groups excluding carboxylic acids is 1. The van der Waals surface area contributed by atoms with Crippen LogP contribution in [0.15, 0.2) is 29.7 Å². The third-order valence-corrected chi connectivity index (χ3v) is 1.96. The Morgan fingerprint density at radius 1 is 1.55 bits per heavy atom. The van der Waals surface area contributed by atoms with Gasteiger partial charge in [-0.15, -0.1) is 5.10 Å². The van der Waals surface area contributed by atoms with Crippen LogP contribution in [-0.2, 0) is 0 Å². The van der Waals surface area contributed by atoms with Crippen molar-refractivity contribution in [2.45, 2.75) is 27.7 Å². The summed E-state index contributed by atoms with van der Waals surface area (Å²) < 4.78 is 0. The molecule has 0 fully saturated rings. The second-order valence-corrected chi connectivity index (χ2v) is 3.35. The summed E-state index contributed by atoms with van der Waals surface area (Å²) in [5, 5.41) is 27.7. The van der Waals surface area contributed by atoms with Crippen molar-refractivity contribution in [1.82, 2.24) is 15.5 Å². The van der Waals surface area contributed by atoms with Crippen LogP contribution >= 0.6 is 0 Å². The maximum atomic E-state index is 11.7. The summed E-state index contributed by atoms with van der Waals surface area (Å²) >= 11 is 0. The molecular weight excluding hydrogens is 264 g/mol. The molecule has 1 aromatic heterocycles. The summed E-state index contributed by atoms with van der Waals surface area (Å²) in [4.78, 5) is 21.4. The molecule has 0 aromatic carbocycles. The Bertz CT molecular complexity index is 527. The van der Waals surface area contributed by atoms with Crippen LogP contribution < -0.4 is 5.32 Å². The number of aliphatic hydroxyl groups excluding tert-OH is 1. The van der Waals surface area contributed by atoms with E-state index < -0.39 is 10.8 Å². The van der Waals surface area contributed by atoms with E-state index in [4.69, 9.17) is 0 Å². The van der Waals surface area contributed by atoms with Gasteiger partial charge >= 0.3 is 5.82 Å². The molecule has 8 heteroatoms. The Labute approximate surface area is 116 Å². The molecule has 1 amide bonds. The van der Waals surface area contributed by atoms with E-state index in [-0.39, 0.29) is 23.0 Å². The minimum atomic E-state index is -0.691. The number of H-pyrrole nitrogens is 1. The van der Waals surface area contributed by atoms with E-state index >= 15 is 0 Å². The first-order chi connectivity index (χ1) is 9.45. The van der Waals surface area contributed by atoms with Gasteiger partial charge in [-0.3, -0.25) is 4.79 Å². The Balaban J connectivity index is 0.00000172. The molecule has 0 aliphatic rings. The first-order valence-corrected chi connectivity index (χ1v) is 5.99. The molecule has 0 radical (unpaired) electrons. The summed E-state index contributed by atoms with van der Waals surface area (Å²) in [5.74, 6) is -1.11. The van der Waals surface area contributed by atoms with Crippen molar-refractivity contribution in [2.75, 3.05) is 0 Å². The highest BCUT2D eigenvalue weighted by Crippen LogP contribution is 2.09.